The molecule has 4 rings (SSSR count). The highest BCUT2D eigenvalue weighted by Crippen LogP contribution is 2.35. The summed E-state index contributed by atoms with van der Waals surface area (Å²) in [6, 6.07) is 17.4. The first-order valence-corrected chi connectivity index (χ1v) is 10.2. The number of esters is 1. The van der Waals surface area contributed by atoms with Crippen molar-refractivity contribution >= 4 is 17.3 Å². The topological polar surface area (TPSA) is 57.0 Å². The van der Waals surface area contributed by atoms with Gasteiger partial charge >= 0.3 is 12.1 Å². The van der Waals surface area contributed by atoms with E-state index < -0.39 is 23.4 Å². The summed E-state index contributed by atoms with van der Waals surface area (Å²) in [5.74, 6) is -1.07. The van der Waals surface area contributed by atoms with E-state index in [1.54, 1.807) is 5.38 Å². The first kappa shape index (κ1) is 20.8. The fraction of sp³-hybridized carbons (Fsp3) is 0.136. The molecule has 0 radical (unpaired) electrons. The van der Waals surface area contributed by atoms with Gasteiger partial charge in [-0.3, -0.25) is 0 Å². The zero-order chi connectivity index (χ0) is 22.0. The molecule has 0 saturated heterocycles. The van der Waals surface area contributed by atoms with Crippen molar-refractivity contribution in [2.24, 2.45) is 0 Å². The maximum absolute atomic E-state index is 13.7. The largest absolute Gasteiger partial charge is 0.462 e. The van der Waals surface area contributed by atoms with Crippen molar-refractivity contribution in [2.45, 2.75) is 13.1 Å². The predicted octanol–water partition coefficient (Wildman–Crippen LogP) is 5.86. The third kappa shape index (κ3) is 4.22. The Morgan fingerprint density at radius 3 is 2.32 bits per heavy atom. The Kier molecular flexibility index (Phi) is 5.60. The molecule has 2 heterocycles. The van der Waals surface area contributed by atoms with Gasteiger partial charge in [0, 0.05) is 10.9 Å². The molecule has 0 N–H and O–H groups in total. The van der Waals surface area contributed by atoms with Crippen LogP contribution in [0.25, 0.3) is 27.5 Å². The highest BCUT2D eigenvalue weighted by Gasteiger charge is 2.41. The second kappa shape index (κ2) is 8.35. The van der Waals surface area contributed by atoms with Gasteiger partial charge in [-0.2, -0.15) is 18.3 Å². The number of rotatable bonds is 5. The number of hydrogen-bond acceptors (Lipinski definition) is 5. The van der Waals surface area contributed by atoms with Crippen LogP contribution < -0.4 is 0 Å². The predicted molar refractivity (Wildman–Crippen MR) is 111 cm³/mol. The summed E-state index contributed by atoms with van der Waals surface area (Å²) in [5, 5.41) is 5.42. The number of hydrogen-bond donors (Lipinski definition) is 0. The van der Waals surface area contributed by atoms with Crippen molar-refractivity contribution in [3.05, 3.63) is 77.4 Å². The highest BCUT2D eigenvalue weighted by molar-refractivity contribution is 7.12. The minimum absolute atomic E-state index is 0.00464. The Hall–Kier alpha value is -3.46. The lowest BCUT2D eigenvalue weighted by atomic mass is 10.0. The summed E-state index contributed by atoms with van der Waals surface area (Å²) in [6.07, 6.45) is -3.95. The van der Waals surface area contributed by atoms with Crippen LogP contribution in [0, 0.1) is 0 Å². The molecule has 0 aliphatic carbocycles. The average molecular weight is 443 g/mol. The van der Waals surface area contributed by atoms with Crippen LogP contribution in [0.3, 0.4) is 0 Å². The molecule has 2 aromatic carbocycles. The van der Waals surface area contributed by atoms with Gasteiger partial charge in [0.2, 0.25) is 5.13 Å². The molecular weight excluding hydrogens is 427 g/mol. The van der Waals surface area contributed by atoms with Crippen LogP contribution in [0.4, 0.5) is 13.2 Å². The fourth-order valence-electron chi connectivity index (χ4n) is 3.08. The molecule has 0 bridgehead atoms. The summed E-state index contributed by atoms with van der Waals surface area (Å²) in [4.78, 5) is 16.3. The van der Waals surface area contributed by atoms with Gasteiger partial charge in [-0.25, -0.2) is 14.5 Å². The van der Waals surface area contributed by atoms with Crippen molar-refractivity contribution in [1.82, 2.24) is 14.8 Å². The molecule has 158 valence electrons. The van der Waals surface area contributed by atoms with Crippen molar-refractivity contribution < 1.29 is 22.7 Å². The molecule has 5 nitrogen and oxygen atoms in total. The van der Waals surface area contributed by atoms with Gasteiger partial charge < -0.3 is 4.74 Å². The quantitative estimate of drug-likeness (QED) is 0.363. The van der Waals surface area contributed by atoms with Crippen molar-refractivity contribution in [2.75, 3.05) is 6.61 Å². The number of aromatic nitrogens is 3. The zero-order valence-corrected chi connectivity index (χ0v) is 17.1. The SMILES string of the molecule is CCOC(=O)c1cnn(-c2nc(-c3ccc(-c4ccccc4)cc3)cs2)c1C(F)(F)F. The number of halogens is 3. The summed E-state index contributed by atoms with van der Waals surface area (Å²) in [7, 11) is 0. The molecule has 0 spiro atoms. The van der Waals surface area contributed by atoms with E-state index in [4.69, 9.17) is 4.74 Å². The van der Waals surface area contributed by atoms with Crippen molar-refractivity contribution in [1.29, 1.82) is 0 Å². The number of carbonyl (C=O) groups excluding carboxylic acids is 1. The fourth-order valence-corrected chi connectivity index (χ4v) is 3.88. The Morgan fingerprint density at radius 1 is 1.03 bits per heavy atom. The lowest BCUT2D eigenvalue weighted by molar-refractivity contribution is -0.143. The van der Waals surface area contributed by atoms with E-state index in [0.717, 1.165) is 34.2 Å². The second-order valence-electron chi connectivity index (χ2n) is 6.50. The third-order valence-electron chi connectivity index (χ3n) is 4.49. The van der Waals surface area contributed by atoms with E-state index >= 15 is 0 Å². The van der Waals surface area contributed by atoms with Gasteiger partial charge in [0.1, 0.15) is 5.56 Å². The molecule has 31 heavy (non-hydrogen) atoms. The zero-order valence-electron chi connectivity index (χ0n) is 16.3. The monoisotopic (exact) mass is 443 g/mol. The highest BCUT2D eigenvalue weighted by atomic mass is 32.1. The summed E-state index contributed by atoms with van der Waals surface area (Å²) in [5.41, 5.74) is 1.51. The normalized spacial score (nSPS) is 11.5. The number of ether oxygens (including phenoxy) is 1. The minimum atomic E-state index is -4.80. The van der Waals surface area contributed by atoms with E-state index in [-0.39, 0.29) is 11.7 Å². The van der Waals surface area contributed by atoms with Gasteiger partial charge in [0.15, 0.2) is 5.69 Å². The maximum Gasteiger partial charge on any atom is 0.434 e. The van der Waals surface area contributed by atoms with Crippen molar-refractivity contribution in [3.8, 4) is 27.5 Å². The summed E-state index contributed by atoms with van der Waals surface area (Å²) in [6.45, 7) is 1.48. The first-order valence-electron chi connectivity index (χ1n) is 9.32. The Morgan fingerprint density at radius 2 is 1.68 bits per heavy atom. The van der Waals surface area contributed by atoms with E-state index in [1.165, 1.54) is 6.92 Å². The van der Waals surface area contributed by atoms with Gasteiger partial charge in [0.05, 0.1) is 18.5 Å². The third-order valence-corrected chi connectivity index (χ3v) is 5.31. The summed E-state index contributed by atoms with van der Waals surface area (Å²) < 4.78 is 46.4. The molecular formula is C22H16F3N3O2S. The van der Waals surface area contributed by atoms with E-state index in [1.807, 2.05) is 54.6 Å². The molecule has 9 heteroatoms. The number of nitrogens with zero attached hydrogens (tertiary/aromatic N) is 3. The lowest BCUT2D eigenvalue weighted by Crippen LogP contribution is -2.18. The van der Waals surface area contributed by atoms with E-state index in [2.05, 4.69) is 10.1 Å². The van der Waals surface area contributed by atoms with E-state index in [9.17, 15) is 18.0 Å². The number of thiazole rings is 1. The molecule has 2 aromatic heterocycles. The molecule has 0 saturated carbocycles. The van der Waals surface area contributed by atoms with Crippen LogP contribution in [0.2, 0.25) is 0 Å². The standard InChI is InChI=1S/C22H16F3N3O2S/c1-2-30-20(29)17-12-26-28(19(17)22(23,24)25)21-27-18(13-31-21)16-10-8-15(9-11-16)14-6-4-3-5-7-14/h3-13H,2H2,1H3. The van der Waals surface area contributed by atoms with Crippen LogP contribution >= 0.6 is 11.3 Å². The van der Waals surface area contributed by atoms with Crippen LogP contribution in [0.15, 0.2) is 66.2 Å². The van der Waals surface area contributed by atoms with E-state index in [0.29, 0.717) is 10.4 Å². The van der Waals surface area contributed by atoms with Gasteiger partial charge in [-0.15, -0.1) is 11.3 Å². The number of alkyl halides is 3. The minimum Gasteiger partial charge on any atom is -0.462 e. The number of benzene rings is 2. The molecule has 0 aliphatic heterocycles. The Balaban J connectivity index is 1.67. The van der Waals surface area contributed by atoms with Crippen LogP contribution in [-0.2, 0) is 10.9 Å². The van der Waals surface area contributed by atoms with Crippen LogP contribution in [0.1, 0.15) is 23.0 Å². The van der Waals surface area contributed by atoms with Crippen molar-refractivity contribution in [3.63, 3.8) is 0 Å². The Labute approximate surface area is 179 Å². The smallest absolute Gasteiger partial charge is 0.434 e. The molecule has 0 amide bonds. The van der Waals surface area contributed by atoms with Gasteiger partial charge in [-0.05, 0) is 18.1 Å². The molecule has 0 atom stereocenters. The van der Waals surface area contributed by atoms with Gasteiger partial charge in [0.25, 0.3) is 0 Å². The second-order valence-corrected chi connectivity index (χ2v) is 7.33. The maximum atomic E-state index is 13.7. The molecule has 0 fully saturated rings. The number of carbonyl (C=O) groups is 1. The Bertz CT molecular complexity index is 1200. The van der Waals surface area contributed by atoms with Gasteiger partial charge in [-0.1, -0.05) is 54.6 Å². The van der Waals surface area contributed by atoms with Crippen LogP contribution in [0.5, 0.6) is 0 Å². The molecule has 4 aromatic rings. The van der Waals surface area contributed by atoms with Crippen LogP contribution in [-0.4, -0.2) is 27.3 Å². The lowest BCUT2D eigenvalue weighted by Gasteiger charge is -2.10. The molecule has 0 aliphatic rings. The summed E-state index contributed by atoms with van der Waals surface area (Å²) >= 11 is 1.00. The first-order chi connectivity index (χ1) is 14.9. The average Bonchev–Trinajstić information content (AvgIpc) is 3.42. The molecule has 0 unspecified atom stereocenters.